The smallest absolute Gasteiger partial charge is 0.230 e. The maximum absolute atomic E-state index is 12.8. The molecule has 2 aliphatic rings. The van der Waals surface area contributed by atoms with Crippen molar-refractivity contribution in [3.05, 3.63) is 35.4 Å². The van der Waals surface area contributed by atoms with E-state index in [9.17, 15) is 4.79 Å². The zero-order valence-electron chi connectivity index (χ0n) is 11.9. The largest absolute Gasteiger partial charge is 0.342 e. The SMILES string of the molecule is O=C(C1CCCc2ccccc21)N1CCC(CCBr)C1. The number of carbonyl (C=O) groups excluding carboxylic acids is 1. The fraction of sp³-hybridized carbons (Fsp3) is 0.588. The summed E-state index contributed by atoms with van der Waals surface area (Å²) in [6, 6.07) is 8.51. The van der Waals surface area contributed by atoms with E-state index in [0.717, 1.165) is 37.7 Å². The van der Waals surface area contributed by atoms with Crippen molar-refractivity contribution in [1.82, 2.24) is 4.90 Å². The Morgan fingerprint density at radius 3 is 3.00 bits per heavy atom. The predicted molar refractivity (Wildman–Crippen MR) is 85.2 cm³/mol. The van der Waals surface area contributed by atoms with E-state index < -0.39 is 0 Å². The van der Waals surface area contributed by atoms with Crippen LogP contribution in [-0.2, 0) is 11.2 Å². The molecule has 1 aromatic rings. The van der Waals surface area contributed by atoms with Crippen LogP contribution in [0.1, 0.15) is 42.7 Å². The van der Waals surface area contributed by atoms with E-state index in [1.165, 1.54) is 24.0 Å². The van der Waals surface area contributed by atoms with E-state index in [2.05, 4.69) is 45.1 Å². The molecule has 1 aromatic carbocycles. The number of carbonyl (C=O) groups is 1. The first-order valence-corrected chi connectivity index (χ1v) is 8.84. The topological polar surface area (TPSA) is 20.3 Å². The second-order valence-electron chi connectivity index (χ2n) is 6.06. The number of nitrogens with zero attached hydrogens (tertiary/aromatic N) is 1. The van der Waals surface area contributed by atoms with Crippen molar-refractivity contribution in [2.75, 3.05) is 18.4 Å². The van der Waals surface area contributed by atoms with Gasteiger partial charge in [-0.2, -0.15) is 0 Å². The lowest BCUT2D eigenvalue weighted by Crippen LogP contribution is -2.34. The first kappa shape index (κ1) is 14.1. The number of amides is 1. The number of benzene rings is 1. The molecule has 0 N–H and O–H groups in total. The first-order valence-electron chi connectivity index (χ1n) is 7.72. The van der Waals surface area contributed by atoms with Crippen LogP contribution in [0, 0.1) is 5.92 Å². The molecular weight excluding hydrogens is 314 g/mol. The van der Waals surface area contributed by atoms with Gasteiger partial charge >= 0.3 is 0 Å². The lowest BCUT2D eigenvalue weighted by Gasteiger charge is -2.28. The molecule has 0 aromatic heterocycles. The van der Waals surface area contributed by atoms with Gasteiger partial charge in [0.15, 0.2) is 0 Å². The molecule has 1 amide bonds. The lowest BCUT2D eigenvalue weighted by atomic mass is 9.82. The number of alkyl halides is 1. The Kier molecular flexibility index (Phi) is 4.45. The van der Waals surface area contributed by atoms with Crippen molar-refractivity contribution < 1.29 is 4.79 Å². The quantitative estimate of drug-likeness (QED) is 0.770. The number of hydrogen-bond acceptors (Lipinski definition) is 1. The fourth-order valence-corrected chi connectivity index (χ4v) is 4.30. The molecule has 3 heteroatoms. The zero-order valence-corrected chi connectivity index (χ0v) is 13.4. The average Bonchev–Trinajstić information content (AvgIpc) is 2.95. The van der Waals surface area contributed by atoms with E-state index in [-0.39, 0.29) is 5.92 Å². The van der Waals surface area contributed by atoms with E-state index >= 15 is 0 Å². The number of rotatable bonds is 3. The Balaban J connectivity index is 1.73. The van der Waals surface area contributed by atoms with Gasteiger partial charge < -0.3 is 4.90 Å². The number of halogens is 1. The van der Waals surface area contributed by atoms with Crippen LogP contribution in [0.4, 0.5) is 0 Å². The van der Waals surface area contributed by atoms with Gasteiger partial charge in [0.2, 0.25) is 5.91 Å². The maximum atomic E-state index is 12.8. The van der Waals surface area contributed by atoms with Crippen molar-refractivity contribution >= 4 is 21.8 Å². The summed E-state index contributed by atoms with van der Waals surface area (Å²) in [7, 11) is 0. The molecule has 108 valence electrons. The van der Waals surface area contributed by atoms with E-state index in [1.807, 2.05) is 0 Å². The summed E-state index contributed by atoms with van der Waals surface area (Å²) in [4.78, 5) is 14.9. The number of fused-ring (bicyclic) bond motifs is 1. The summed E-state index contributed by atoms with van der Waals surface area (Å²) in [6.45, 7) is 1.91. The molecule has 1 heterocycles. The molecule has 20 heavy (non-hydrogen) atoms. The van der Waals surface area contributed by atoms with Crippen LogP contribution >= 0.6 is 15.9 Å². The summed E-state index contributed by atoms with van der Waals surface area (Å²) in [5.41, 5.74) is 2.67. The van der Waals surface area contributed by atoms with Gasteiger partial charge in [-0.05, 0) is 49.1 Å². The van der Waals surface area contributed by atoms with Crippen molar-refractivity contribution in [2.45, 2.75) is 38.0 Å². The van der Waals surface area contributed by atoms with Gasteiger partial charge in [-0.15, -0.1) is 0 Å². The minimum atomic E-state index is 0.114. The third-order valence-electron chi connectivity index (χ3n) is 4.78. The standard InChI is InChI=1S/C17H22BrNO/c18-10-8-13-9-11-19(12-13)17(20)16-7-3-5-14-4-1-2-6-15(14)16/h1-2,4,6,13,16H,3,5,7-12H2. The molecule has 2 unspecified atom stereocenters. The third kappa shape index (κ3) is 2.78. The lowest BCUT2D eigenvalue weighted by molar-refractivity contribution is -0.132. The molecule has 0 radical (unpaired) electrons. The van der Waals surface area contributed by atoms with Crippen LogP contribution in [0.3, 0.4) is 0 Å². The fourth-order valence-electron chi connectivity index (χ4n) is 3.65. The Hall–Kier alpha value is -0.830. The number of aryl methyl sites for hydroxylation is 1. The van der Waals surface area contributed by atoms with Crippen LogP contribution in [0.15, 0.2) is 24.3 Å². The molecule has 0 bridgehead atoms. The van der Waals surface area contributed by atoms with Gasteiger partial charge in [-0.3, -0.25) is 4.79 Å². The Morgan fingerprint density at radius 1 is 1.30 bits per heavy atom. The highest BCUT2D eigenvalue weighted by atomic mass is 79.9. The van der Waals surface area contributed by atoms with Gasteiger partial charge in [0.05, 0.1) is 5.92 Å². The highest BCUT2D eigenvalue weighted by Crippen LogP contribution is 2.34. The minimum absolute atomic E-state index is 0.114. The molecule has 1 fully saturated rings. The van der Waals surface area contributed by atoms with Crippen molar-refractivity contribution in [3.8, 4) is 0 Å². The van der Waals surface area contributed by atoms with Crippen molar-refractivity contribution in [1.29, 1.82) is 0 Å². The summed E-state index contributed by atoms with van der Waals surface area (Å²) >= 11 is 3.51. The van der Waals surface area contributed by atoms with Gasteiger partial charge in [-0.25, -0.2) is 0 Å². The molecule has 1 aliphatic carbocycles. The second kappa shape index (κ2) is 6.30. The molecule has 1 saturated heterocycles. The summed E-state index contributed by atoms with van der Waals surface area (Å²) < 4.78 is 0. The molecule has 2 nitrogen and oxygen atoms in total. The highest BCUT2D eigenvalue weighted by Gasteiger charge is 2.33. The molecule has 2 atom stereocenters. The van der Waals surface area contributed by atoms with Crippen LogP contribution in [0.5, 0.6) is 0 Å². The zero-order chi connectivity index (χ0) is 13.9. The van der Waals surface area contributed by atoms with Crippen molar-refractivity contribution in [3.63, 3.8) is 0 Å². The normalized spacial score (nSPS) is 25.6. The Morgan fingerprint density at radius 2 is 2.15 bits per heavy atom. The van der Waals surface area contributed by atoms with Gasteiger partial charge in [0, 0.05) is 18.4 Å². The Labute approximate surface area is 129 Å². The van der Waals surface area contributed by atoms with Gasteiger partial charge in [0.25, 0.3) is 0 Å². The summed E-state index contributed by atoms with van der Waals surface area (Å²) in [5, 5.41) is 1.05. The van der Waals surface area contributed by atoms with E-state index in [0.29, 0.717) is 11.8 Å². The first-order chi connectivity index (χ1) is 9.79. The summed E-state index contributed by atoms with van der Waals surface area (Å²) in [6.07, 6.45) is 5.66. The van der Waals surface area contributed by atoms with Crippen LogP contribution < -0.4 is 0 Å². The maximum Gasteiger partial charge on any atom is 0.230 e. The monoisotopic (exact) mass is 335 g/mol. The number of hydrogen-bond donors (Lipinski definition) is 0. The van der Waals surface area contributed by atoms with Crippen LogP contribution in [0.25, 0.3) is 0 Å². The second-order valence-corrected chi connectivity index (χ2v) is 6.85. The van der Waals surface area contributed by atoms with Crippen molar-refractivity contribution in [2.24, 2.45) is 5.92 Å². The average molecular weight is 336 g/mol. The van der Waals surface area contributed by atoms with Crippen LogP contribution in [-0.4, -0.2) is 29.2 Å². The van der Waals surface area contributed by atoms with Gasteiger partial charge in [0.1, 0.15) is 0 Å². The molecular formula is C17H22BrNO. The third-order valence-corrected chi connectivity index (χ3v) is 5.24. The molecule has 1 aliphatic heterocycles. The Bertz CT molecular complexity index is 488. The molecule has 0 saturated carbocycles. The summed E-state index contributed by atoms with van der Waals surface area (Å²) in [5.74, 6) is 1.18. The molecule has 3 rings (SSSR count). The van der Waals surface area contributed by atoms with E-state index in [1.54, 1.807) is 0 Å². The highest BCUT2D eigenvalue weighted by molar-refractivity contribution is 9.09. The molecule has 0 spiro atoms. The van der Waals surface area contributed by atoms with Crippen LogP contribution in [0.2, 0.25) is 0 Å². The van der Waals surface area contributed by atoms with E-state index in [4.69, 9.17) is 0 Å². The minimum Gasteiger partial charge on any atom is -0.342 e. The number of likely N-dealkylation sites (tertiary alicyclic amines) is 1. The predicted octanol–water partition coefficient (Wildman–Crippen LogP) is 3.74. The van der Waals surface area contributed by atoms with Gasteiger partial charge in [-0.1, -0.05) is 40.2 Å².